The van der Waals surface area contributed by atoms with Crippen LogP contribution in [-0.2, 0) is 14.1 Å². The summed E-state index contributed by atoms with van der Waals surface area (Å²) in [5, 5.41) is 0.620. The van der Waals surface area contributed by atoms with E-state index in [9.17, 15) is 0 Å². The fraction of sp³-hybridized carbons (Fsp3) is 0.107. The van der Waals surface area contributed by atoms with Gasteiger partial charge in [0.15, 0.2) is 17.4 Å². The molecule has 10 heteroatoms. The molecule has 0 spiro atoms. The lowest BCUT2D eigenvalue weighted by atomic mass is 9.98. The molecule has 4 aromatic heterocycles. The molecule has 0 aliphatic heterocycles. The molecule has 6 aromatic rings. The van der Waals surface area contributed by atoms with E-state index in [1.807, 2.05) is 41.4 Å². The van der Waals surface area contributed by atoms with Gasteiger partial charge in [0.25, 0.3) is 0 Å². The number of ether oxygens (including phenoxy) is 1. The number of nitrogens with two attached hydrogens (primary N) is 1. The molecule has 0 bridgehead atoms. The van der Waals surface area contributed by atoms with E-state index in [4.69, 9.17) is 16.9 Å². The van der Waals surface area contributed by atoms with E-state index in [-0.39, 0.29) is 17.6 Å². The number of terminal acetylenes is 1. The molecule has 0 radical (unpaired) electrons. The summed E-state index contributed by atoms with van der Waals surface area (Å²) in [4.78, 5) is 21.4. The topological polar surface area (TPSA) is 110 Å². The van der Waals surface area contributed by atoms with Crippen molar-refractivity contribution in [2.75, 3.05) is 5.73 Å². The summed E-state index contributed by atoms with van der Waals surface area (Å²) < 4.78 is 24.8. The smallest absolute Gasteiger partial charge is 0.322 e. The fourth-order valence-corrected chi connectivity index (χ4v) is 4.67. The van der Waals surface area contributed by atoms with E-state index in [1.165, 1.54) is 12.4 Å². The molecule has 0 amide bonds. The summed E-state index contributed by atoms with van der Waals surface area (Å²) in [5.74, 6) is 2.85. The van der Waals surface area contributed by atoms with Crippen molar-refractivity contribution in [2.24, 2.45) is 14.1 Å². The lowest BCUT2D eigenvalue weighted by molar-refractivity contribution is 0.410. The van der Waals surface area contributed by atoms with Gasteiger partial charge in [0.1, 0.15) is 17.8 Å². The number of benzene rings is 2. The van der Waals surface area contributed by atoms with E-state index in [2.05, 4.69) is 30.8 Å². The van der Waals surface area contributed by atoms with Crippen LogP contribution in [0, 0.1) is 25.1 Å². The quantitative estimate of drug-likeness (QED) is 0.344. The normalized spacial score (nSPS) is 11.2. The molecule has 4 heterocycles. The minimum atomic E-state index is -0.577. The molecule has 9 nitrogen and oxygen atoms in total. The van der Waals surface area contributed by atoms with Crippen molar-refractivity contribution in [1.82, 2.24) is 34.1 Å². The van der Waals surface area contributed by atoms with Crippen LogP contribution in [0.25, 0.3) is 44.5 Å². The predicted molar refractivity (Wildman–Crippen MR) is 143 cm³/mol. The molecule has 0 saturated heterocycles. The van der Waals surface area contributed by atoms with Gasteiger partial charge in [-0.2, -0.15) is 0 Å². The maximum absolute atomic E-state index is 15.4. The molecule has 0 unspecified atom stereocenters. The van der Waals surface area contributed by atoms with Crippen molar-refractivity contribution in [3.8, 4) is 46.5 Å². The highest BCUT2D eigenvalue weighted by atomic mass is 19.1. The van der Waals surface area contributed by atoms with Crippen molar-refractivity contribution in [3.05, 3.63) is 72.3 Å². The first-order chi connectivity index (χ1) is 18.4. The molecule has 0 aliphatic carbocycles. The molecule has 0 aliphatic rings. The largest absolute Gasteiger partial charge is 0.421 e. The number of nitrogen functional groups attached to an aromatic ring is 1. The van der Waals surface area contributed by atoms with Gasteiger partial charge in [-0.05, 0) is 48.7 Å². The molecule has 38 heavy (non-hydrogen) atoms. The summed E-state index contributed by atoms with van der Waals surface area (Å²) in [6.45, 7) is 1.80. The lowest BCUT2D eigenvalue weighted by Crippen LogP contribution is -1.96. The second-order valence-electron chi connectivity index (χ2n) is 8.81. The highest BCUT2D eigenvalue weighted by Gasteiger charge is 2.23. The van der Waals surface area contributed by atoms with E-state index < -0.39 is 5.82 Å². The Morgan fingerprint density at radius 3 is 2.55 bits per heavy atom. The number of imidazole rings is 1. The standard InChI is InChI=1S/C28H21FN8O/c1-5-22-35-19-8-6-17(13-20(19)36(22)3)25-23(24-26(30)32-14-33-27(24)37(25)4)16-7-9-21(18(29)12-16)38-28-31-11-10-15(2)34-28/h1,6-14H,2-4H3,(H2,30,32,33). The molecule has 0 atom stereocenters. The third-order valence-electron chi connectivity index (χ3n) is 6.47. The van der Waals surface area contributed by atoms with Crippen molar-refractivity contribution in [2.45, 2.75) is 6.92 Å². The average Bonchev–Trinajstić information content (AvgIpc) is 3.39. The van der Waals surface area contributed by atoms with Gasteiger partial charge in [-0.3, -0.25) is 0 Å². The van der Waals surface area contributed by atoms with Crippen LogP contribution in [0.15, 0.2) is 55.0 Å². The molecule has 0 fully saturated rings. The van der Waals surface area contributed by atoms with Crippen molar-refractivity contribution in [1.29, 1.82) is 0 Å². The van der Waals surface area contributed by atoms with Crippen LogP contribution in [0.4, 0.5) is 10.2 Å². The predicted octanol–water partition coefficient (Wildman–Crippen LogP) is 4.78. The van der Waals surface area contributed by atoms with Crippen molar-refractivity contribution in [3.63, 3.8) is 0 Å². The van der Waals surface area contributed by atoms with Crippen molar-refractivity contribution < 1.29 is 9.13 Å². The Hall–Kier alpha value is -5.30. The van der Waals surface area contributed by atoms with Gasteiger partial charge < -0.3 is 19.6 Å². The zero-order valence-corrected chi connectivity index (χ0v) is 20.8. The number of rotatable bonds is 4. The van der Waals surface area contributed by atoms with Gasteiger partial charge in [0.05, 0.1) is 22.1 Å². The Balaban J connectivity index is 1.56. The monoisotopic (exact) mass is 504 g/mol. The number of hydrogen-bond donors (Lipinski definition) is 1. The zero-order valence-electron chi connectivity index (χ0n) is 20.8. The number of fused-ring (bicyclic) bond motifs is 2. The number of halogens is 1. The number of hydrogen-bond acceptors (Lipinski definition) is 7. The van der Waals surface area contributed by atoms with Crippen LogP contribution >= 0.6 is 0 Å². The van der Waals surface area contributed by atoms with Crippen molar-refractivity contribution >= 4 is 27.9 Å². The van der Waals surface area contributed by atoms with Gasteiger partial charge in [0.2, 0.25) is 0 Å². The highest BCUT2D eigenvalue weighted by molar-refractivity contribution is 6.08. The fourth-order valence-electron chi connectivity index (χ4n) is 4.67. The van der Waals surface area contributed by atoms with Crippen LogP contribution in [0.5, 0.6) is 11.8 Å². The number of aryl methyl sites for hydroxylation is 3. The van der Waals surface area contributed by atoms with Crippen LogP contribution in [-0.4, -0.2) is 34.1 Å². The molecule has 2 aromatic carbocycles. The Labute approximate surface area is 216 Å². The van der Waals surface area contributed by atoms with Gasteiger partial charge in [0, 0.05) is 37.1 Å². The average molecular weight is 505 g/mol. The van der Waals surface area contributed by atoms with Gasteiger partial charge >= 0.3 is 6.01 Å². The van der Waals surface area contributed by atoms with Gasteiger partial charge in [-0.15, -0.1) is 6.42 Å². The Morgan fingerprint density at radius 2 is 1.79 bits per heavy atom. The van der Waals surface area contributed by atoms with Gasteiger partial charge in [-0.1, -0.05) is 12.1 Å². The van der Waals surface area contributed by atoms with Crippen LogP contribution < -0.4 is 10.5 Å². The highest BCUT2D eigenvalue weighted by Crippen LogP contribution is 2.43. The van der Waals surface area contributed by atoms with E-state index in [0.29, 0.717) is 33.7 Å². The maximum Gasteiger partial charge on any atom is 0.322 e. The summed E-state index contributed by atoms with van der Waals surface area (Å²) in [5.41, 5.74) is 12.2. The summed E-state index contributed by atoms with van der Waals surface area (Å²) >= 11 is 0. The van der Waals surface area contributed by atoms with Gasteiger partial charge in [-0.25, -0.2) is 29.3 Å². The first-order valence-corrected chi connectivity index (χ1v) is 11.7. The van der Waals surface area contributed by atoms with Crippen LogP contribution in [0.2, 0.25) is 0 Å². The minimum Gasteiger partial charge on any atom is -0.421 e. The summed E-state index contributed by atoms with van der Waals surface area (Å²) in [6.07, 6.45) is 8.58. The molecule has 2 N–H and O–H groups in total. The maximum atomic E-state index is 15.4. The Bertz CT molecular complexity index is 1930. The van der Waals surface area contributed by atoms with Crippen LogP contribution in [0.3, 0.4) is 0 Å². The minimum absolute atomic E-state index is 0.00322. The second kappa shape index (κ2) is 8.67. The number of nitrogens with zero attached hydrogens (tertiary/aromatic N) is 7. The Morgan fingerprint density at radius 1 is 0.974 bits per heavy atom. The third kappa shape index (κ3) is 3.60. The lowest BCUT2D eigenvalue weighted by Gasteiger charge is -2.11. The number of aromatic nitrogens is 7. The molecule has 6 rings (SSSR count). The molecular formula is C28H21FN8O. The first kappa shape index (κ1) is 23.1. The second-order valence-corrected chi connectivity index (χ2v) is 8.81. The first-order valence-electron chi connectivity index (χ1n) is 11.7. The Kier molecular flexibility index (Phi) is 5.28. The van der Waals surface area contributed by atoms with E-state index in [0.717, 1.165) is 22.3 Å². The third-order valence-corrected chi connectivity index (χ3v) is 6.47. The van der Waals surface area contributed by atoms with Crippen LogP contribution in [0.1, 0.15) is 11.5 Å². The number of anilines is 1. The SMILES string of the molecule is C#Cc1nc2ccc(-c3c(-c4ccc(Oc5nccc(C)n5)c(F)c4)c4c(N)ncnc4n3C)cc2n1C. The summed E-state index contributed by atoms with van der Waals surface area (Å²) in [7, 11) is 3.75. The van der Waals surface area contributed by atoms with E-state index in [1.54, 1.807) is 31.3 Å². The molecular weight excluding hydrogens is 483 g/mol. The van der Waals surface area contributed by atoms with E-state index >= 15 is 4.39 Å². The zero-order chi connectivity index (χ0) is 26.6. The molecule has 186 valence electrons. The summed E-state index contributed by atoms with van der Waals surface area (Å²) in [6, 6.07) is 12.3. The molecule has 0 saturated carbocycles.